The predicted octanol–water partition coefficient (Wildman–Crippen LogP) is 4.37. The maximum Gasteiger partial charge on any atom is 0.321 e. The van der Waals surface area contributed by atoms with Crippen LogP contribution in [0, 0.1) is 11.7 Å². The average molecular weight is 410 g/mol. The molecule has 1 unspecified atom stereocenters. The Hall–Kier alpha value is -3.42. The lowest BCUT2D eigenvalue weighted by Crippen LogP contribution is -2.42. The summed E-state index contributed by atoms with van der Waals surface area (Å²) in [6, 6.07) is 13.5. The Morgan fingerprint density at radius 3 is 2.90 bits per heavy atom. The van der Waals surface area contributed by atoms with E-state index in [-0.39, 0.29) is 23.6 Å². The van der Waals surface area contributed by atoms with Crippen molar-refractivity contribution >= 4 is 11.7 Å². The number of carbonyl (C=O) groups excluding carboxylic acids is 1. The third-order valence-corrected chi connectivity index (χ3v) is 5.20. The molecule has 1 N–H and O–H groups in total. The van der Waals surface area contributed by atoms with Crippen molar-refractivity contribution in [1.82, 2.24) is 15.0 Å². The standard InChI is InChI=1S/C22H23FN4O3/c1-29-19-11-5-4-10-18(19)24-22(28)27-12-6-7-15(14-27)13-20-25-21(26-30-20)16-8-2-3-9-17(16)23/h2-5,8-11,15H,6-7,12-14H2,1H3,(H,24,28). The van der Waals surface area contributed by atoms with Gasteiger partial charge in [0, 0.05) is 19.5 Å². The third-order valence-electron chi connectivity index (χ3n) is 5.20. The van der Waals surface area contributed by atoms with Crippen molar-refractivity contribution in [3.8, 4) is 17.1 Å². The molecule has 7 nitrogen and oxygen atoms in total. The lowest BCUT2D eigenvalue weighted by Gasteiger charge is -2.32. The number of urea groups is 1. The van der Waals surface area contributed by atoms with Crippen LogP contribution in [0.25, 0.3) is 11.4 Å². The van der Waals surface area contributed by atoms with Crippen molar-refractivity contribution in [2.45, 2.75) is 19.3 Å². The number of nitrogens with zero attached hydrogens (tertiary/aromatic N) is 3. The molecule has 2 amide bonds. The molecule has 8 heteroatoms. The summed E-state index contributed by atoms with van der Waals surface area (Å²) in [5, 5.41) is 6.83. The van der Waals surface area contributed by atoms with Gasteiger partial charge in [-0.3, -0.25) is 0 Å². The summed E-state index contributed by atoms with van der Waals surface area (Å²) in [4.78, 5) is 18.9. The summed E-state index contributed by atoms with van der Waals surface area (Å²) in [5.41, 5.74) is 0.951. The highest BCUT2D eigenvalue weighted by Crippen LogP contribution is 2.26. The quantitative estimate of drug-likeness (QED) is 0.676. The van der Waals surface area contributed by atoms with Gasteiger partial charge in [0.1, 0.15) is 11.6 Å². The first-order valence-electron chi connectivity index (χ1n) is 9.90. The van der Waals surface area contributed by atoms with Crippen LogP contribution in [0.2, 0.25) is 0 Å². The fraction of sp³-hybridized carbons (Fsp3) is 0.318. The number of likely N-dealkylation sites (tertiary alicyclic amines) is 1. The Balaban J connectivity index is 1.39. The minimum absolute atomic E-state index is 0.165. The number of halogens is 1. The number of aromatic nitrogens is 2. The van der Waals surface area contributed by atoms with Crippen LogP contribution in [0.1, 0.15) is 18.7 Å². The Morgan fingerprint density at radius 2 is 2.07 bits per heavy atom. The molecule has 0 spiro atoms. The topological polar surface area (TPSA) is 80.5 Å². The molecule has 30 heavy (non-hydrogen) atoms. The SMILES string of the molecule is COc1ccccc1NC(=O)N1CCCC(Cc2nc(-c3ccccc3F)no2)C1. The number of methoxy groups -OCH3 is 1. The molecule has 156 valence electrons. The minimum atomic E-state index is -0.387. The molecule has 0 bridgehead atoms. The second kappa shape index (κ2) is 8.94. The average Bonchev–Trinajstić information content (AvgIpc) is 3.22. The molecule has 2 aromatic carbocycles. The van der Waals surface area contributed by atoms with Crippen LogP contribution >= 0.6 is 0 Å². The molecule has 0 aliphatic carbocycles. The summed E-state index contributed by atoms with van der Waals surface area (Å²) in [6.07, 6.45) is 2.38. The van der Waals surface area contributed by atoms with Gasteiger partial charge in [0.15, 0.2) is 0 Å². The highest BCUT2D eigenvalue weighted by molar-refractivity contribution is 5.91. The van der Waals surface area contributed by atoms with Crippen LogP contribution in [0.15, 0.2) is 53.1 Å². The van der Waals surface area contributed by atoms with E-state index < -0.39 is 0 Å². The molecule has 0 radical (unpaired) electrons. The van der Waals surface area contributed by atoms with Gasteiger partial charge < -0.3 is 19.5 Å². The summed E-state index contributed by atoms with van der Waals surface area (Å²) >= 11 is 0. The van der Waals surface area contributed by atoms with Gasteiger partial charge in [0.25, 0.3) is 0 Å². The highest BCUT2D eigenvalue weighted by atomic mass is 19.1. The number of para-hydroxylation sites is 2. The lowest BCUT2D eigenvalue weighted by atomic mass is 9.95. The summed E-state index contributed by atoms with van der Waals surface area (Å²) in [6.45, 7) is 1.26. The second-order valence-electron chi connectivity index (χ2n) is 7.28. The van der Waals surface area contributed by atoms with Gasteiger partial charge in [-0.2, -0.15) is 4.98 Å². The van der Waals surface area contributed by atoms with Gasteiger partial charge in [-0.25, -0.2) is 9.18 Å². The number of benzene rings is 2. The fourth-order valence-corrected chi connectivity index (χ4v) is 3.69. The molecule has 1 saturated heterocycles. The third kappa shape index (κ3) is 4.42. The second-order valence-corrected chi connectivity index (χ2v) is 7.28. The first-order chi connectivity index (χ1) is 14.6. The molecule has 3 aromatic rings. The molecule has 4 rings (SSSR count). The summed E-state index contributed by atoms with van der Waals surface area (Å²) in [7, 11) is 1.57. The maximum absolute atomic E-state index is 13.9. The number of rotatable bonds is 5. The Bertz CT molecular complexity index is 1020. The number of ether oxygens (including phenoxy) is 1. The zero-order valence-corrected chi connectivity index (χ0v) is 16.7. The van der Waals surface area contributed by atoms with Crippen molar-refractivity contribution in [3.05, 3.63) is 60.2 Å². The predicted molar refractivity (Wildman–Crippen MR) is 110 cm³/mol. The van der Waals surface area contributed by atoms with E-state index >= 15 is 0 Å². The van der Waals surface area contributed by atoms with Gasteiger partial charge in [-0.1, -0.05) is 29.4 Å². The number of anilines is 1. The van der Waals surface area contributed by atoms with E-state index in [0.29, 0.717) is 42.4 Å². The first-order valence-corrected chi connectivity index (χ1v) is 9.90. The Morgan fingerprint density at radius 1 is 1.27 bits per heavy atom. The van der Waals surface area contributed by atoms with Crippen LogP contribution in [0.3, 0.4) is 0 Å². The molecular weight excluding hydrogens is 387 g/mol. The highest BCUT2D eigenvalue weighted by Gasteiger charge is 2.26. The van der Waals surface area contributed by atoms with Crippen molar-refractivity contribution in [3.63, 3.8) is 0 Å². The molecule has 0 saturated carbocycles. The van der Waals surface area contributed by atoms with E-state index in [1.165, 1.54) is 6.07 Å². The van der Waals surface area contributed by atoms with E-state index in [1.807, 2.05) is 12.1 Å². The number of hydrogen-bond acceptors (Lipinski definition) is 5. The maximum atomic E-state index is 13.9. The van der Waals surface area contributed by atoms with E-state index in [9.17, 15) is 9.18 Å². The van der Waals surface area contributed by atoms with Crippen molar-refractivity contribution in [1.29, 1.82) is 0 Å². The van der Waals surface area contributed by atoms with Gasteiger partial charge in [-0.15, -0.1) is 0 Å². The monoisotopic (exact) mass is 410 g/mol. The lowest BCUT2D eigenvalue weighted by molar-refractivity contribution is 0.173. The van der Waals surface area contributed by atoms with Crippen molar-refractivity contribution < 1.29 is 18.4 Å². The zero-order chi connectivity index (χ0) is 20.9. The van der Waals surface area contributed by atoms with Gasteiger partial charge in [0.2, 0.25) is 11.7 Å². The van der Waals surface area contributed by atoms with E-state index in [1.54, 1.807) is 42.3 Å². The van der Waals surface area contributed by atoms with Crippen LogP contribution < -0.4 is 10.1 Å². The normalized spacial score (nSPS) is 16.3. The van der Waals surface area contributed by atoms with Gasteiger partial charge >= 0.3 is 6.03 Å². The number of amides is 2. The van der Waals surface area contributed by atoms with Crippen LogP contribution in [0.4, 0.5) is 14.9 Å². The molecule has 1 atom stereocenters. The van der Waals surface area contributed by atoms with Gasteiger partial charge in [0.05, 0.1) is 18.4 Å². The molecule has 1 aliphatic rings. The van der Waals surface area contributed by atoms with E-state index in [4.69, 9.17) is 9.26 Å². The summed E-state index contributed by atoms with van der Waals surface area (Å²) < 4.78 is 24.6. The number of carbonyl (C=O) groups is 1. The number of nitrogens with one attached hydrogen (secondary N) is 1. The zero-order valence-electron chi connectivity index (χ0n) is 16.7. The molecule has 1 aliphatic heterocycles. The molecule has 1 fully saturated rings. The van der Waals surface area contributed by atoms with Crippen LogP contribution in [-0.2, 0) is 6.42 Å². The van der Waals surface area contributed by atoms with E-state index in [2.05, 4.69) is 15.5 Å². The summed E-state index contributed by atoms with van der Waals surface area (Å²) in [5.74, 6) is 1.11. The van der Waals surface area contributed by atoms with Gasteiger partial charge in [-0.05, 0) is 43.0 Å². The molecular formula is C22H23FN4O3. The minimum Gasteiger partial charge on any atom is -0.495 e. The fourth-order valence-electron chi connectivity index (χ4n) is 3.69. The van der Waals surface area contributed by atoms with Crippen LogP contribution in [-0.4, -0.2) is 41.3 Å². The number of hydrogen-bond donors (Lipinski definition) is 1. The van der Waals surface area contributed by atoms with Crippen LogP contribution in [0.5, 0.6) is 5.75 Å². The molecule has 1 aromatic heterocycles. The first kappa shape index (κ1) is 19.9. The van der Waals surface area contributed by atoms with E-state index in [0.717, 1.165) is 12.8 Å². The molecule has 2 heterocycles. The smallest absolute Gasteiger partial charge is 0.321 e. The number of piperidine rings is 1. The Kier molecular flexibility index (Phi) is 5.92. The van der Waals surface area contributed by atoms with Crippen molar-refractivity contribution in [2.75, 3.05) is 25.5 Å². The Labute approximate surface area is 173 Å². The van der Waals surface area contributed by atoms with Crippen molar-refractivity contribution in [2.24, 2.45) is 5.92 Å². The largest absolute Gasteiger partial charge is 0.495 e.